The second kappa shape index (κ2) is 6.98. The van der Waals surface area contributed by atoms with Crippen LogP contribution in [0, 0.1) is 0 Å². The van der Waals surface area contributed by atoms with Crippen molar-refractivity contribution in [2.75, 3.05) is 6.54 Å². The summed E-state index contributed by atoms with van der Waals surface area (Å²) >= 11 is 7.38. The van der Waals surface area contributed by atoms with Crippen molar-refractivity contribution in [3.8, 4) is 0 Å². The average Bonchev–Trinajstić information content (AvgIpc) is 2.99. The van der Waals surface area contributed by atoms with Gasteiger partial charge in [0, 0.05) is 16.8 Å². The van der Waals surface area contributed by atoms with E-state index >= 15 is 0 Å². The molecule has 1 amide bonds. The molecule has 0 bridgehead atoms. The lowest BCUT2D eigenvalue weighted by Gasteiger charge is -2.20. The topological polar surface area (TPSA) is 66.1 Å². The van der Waals surface area contributed by atoms with Crippen LogP contribution in [0.3, 0.4) is 0 Å². The molecule has 0 aliphatic heterocycles. The Hall–Kier alpha value is -2.44. The molecule has 0 aliphatic rings. The van der Waals surface area contributed by atoms with Crippen molar-refractivity contribution in [2.24, 2.45) is 0 Å². The maximum atomic E-state index is 12.9. The predicted molar refractivity (Wildman–Crippen MR) is 96.6 cm³/mol. The van der Waals surface area contributed by atoms with Gasteiger partial charge in [0.1, 0.15) is 0 Å². The number of carbonyl (C=O) groups is 1. The smallest absolute Gasteiger partial charge is 0.275 e. The lowest BCUT2D eigenvalue weighted by Crippen LogP contribution is -2.32. The maximum Gasteiger partial charge on any atom is 0.275 e. The number of rotatable bonds is 5. The van der Waals surface area contributed by atoms with Gasteiger partial charge in [0.25, 0.3) is 11.5 Å². The Morgan fingerprint density at radius 1 is 1.29 bits per heavy atom. The number of H-pyrrole nitrogens is 1. The van der Waals surface area contributed by atoms with E-state index in [0.29, 0.717) is 28.2 Å². The summed E-state index contributed by atoms with van der Waals surface area (Å²) < 4.78 is 0.670. The SMILES string of the molecule is C=CCN(Cc1ccc(Cl)s1)C(=O)c1n[nH]c(=O)c2ccccc12. The zero-order valence-corrected chi connectivity index (χ0v) is 14.2. The van der Waals surface area contributed by atoms with E-state index in [1.54, 1.807) is 41.3 Å². The van der Waals surface area contributed by atoms with Gasteiger partial charge in [-0.3, -0.25) is 9.59 Å². The van der Waals surface area contributed by atoms with Crippen LogP contribution in [-0.4, -0.2) is 27.5 Å². The molecule has 1 N–H and O–H groups in total. The molecule has 0 saturated carbocycles. The number of hydrogen-bond donors (Lipinski definition) is 1. The number of thiophene rings is 1. The number of halogens is 1. The van der Waals surface area contributed by atoms with Crippen LogP contribution in [0.5, 0.6) is 0 Å². The van der Waals surface area contributed by atoms with Crippen molar-refractivity contribution < 1.29 is 4.79 Å². The number of amides is 1. The van der Waals surface area contributed by atoms with Gasteiger partial charge in [-0.25, -0.2) is 5.10 Å². The Bertz CT molecular complexity index is 964. The highest BCUT2D eigenvalue weighted by Crippen LogP contribution is 2.24. The van der Waals surface area contributed by atoms with Crippen molar-refractivity contribution in [3.63, 3.8) is 0 Å². The minimum atomic E-state index is -0.317. The van der Waals surface area contributed by atoms with Crippen LogP contribution in [0.4, 0.5) is 0 Å². The van der Waals surface area contributed by atoms with Gasteiger partial charge in [-0.2, -0.15) is 5.10 Å². The molecule has 0 aliphatic carbocycles. The first-order valence-electron chi connectivity index (χ1n) is 7.22. The number of nitrogens with zero attached hydrogens (tertiary/aromatic N) is 2. The van der Waals surface area contributed by atoms with Gasteiger partial charge in [-0.05, 0) is 18.2 Å². The third kappa shape index (κ3) is 3.25. The number of aromatic nitrogens is 2. The lowest BCUT2D eigenvalue weighted by molar-refractivity contribution is 0.0759. The largest absolute Gasteiger partial charge is 0.328 e. The van der Waals surface area contributed by atoms with E-state index in [1.165, 1.54) is 11.3 Å². The van der Waals surface area contributed by atoms with Crippen molar-refractivity contribution in [2.45, 2.75) is 6.54 Å². The third-order valence-corrected chi connectivity index (χ3v) is 4.73. The Labute approximate surface area is 147 Å². The van der Waals surface area contributed by atoms with Crippen molar-refractivity contribution >= 4 is 39.6 Å². The molecule has 0 spiro atoms. The van der Waals surface area contributed by atoms with Crippen LogP contribution < -0.4 is 5.56 Å². The highest BCUT2D eigenvalue weighted by atomic mass is 35.5. The molecule has 0 unspecified atom stereocenters. The molecule has 0 saturated heterocycles. The second-order valence-corrected chi connectivity index (χ2v) is 6.93. The number of nitrogens with one attached hydrogen (secondary N) is 1. The summed E-state index contributed by atoms with van der Waals surface area (Å²) in [6, 6.07) is 10.6. The van der Waals surface area contributed by atoms with Crippen LogP contribution in [-0.2, 0) is 6.54 Å². The Balaban J connectivity index is 2.00. The Morgan fingerprint density at radius 3 is 2.71 bits per heavy atom. The van der Waals surface area contributed by atoms with E-state index in [0.717, 1.165) is 4.88 Å². The molecular weight excluding hydrogens is 346 g/mol. The molecule has 0 atom stereocenters. The molecular formula is C17H14ClN3O2S. The molecule has 24 heavy (non-hydrogen) atoms. The second-order valence-electron chi connectivity index (χ2n) is 5.13. The molecule has 2 aromatic heterocycles. The van der Waals surface area contributed by atoms with Gasteiger partial charge in [0.15, 0.2) is 5.69 Å². The fraction of sp³-hybridized carbons (Fsp3) is 0.118. The highest BCUT2D eigenvalue weighted by molar-refractivity contribution is 7.16. The molecule has 2 heterocycles. The van der Waals surface area contributed by atoms with Crippen LogP contribution in [0.1, 0.15) is 15.4 Å². The van der Waals surface area contributed by atoms with E-state index in [4.69, 9.17) is 11.6 Å². The van der Waals surface area contributed by atoms with Crippen LogP contribution in [0.15, 0.2) is 53.8 Å². The van der Waals surface area contributed by atoms with E-state index in [2.05, 4.69) is 16.8 Å². The number of fused-ring (bicyclic) bond motifs is 1. The molecule has 5 nitrogen and oxygen atoms in total. The van der Waals surface area contributed by atoms with Crippen LogP contribution in [0.2, 0.25) is 4.34 Å². The Kier molecular flexibility index (Phi) is 4.78. The molecule has 122 valence electrons. The first kappa shape index (κ1) is 16.4. The number of hydrogen-bond acceptors (Lipinski definition) is 4. The molecule has 7 heteroatoms. The molecule has 3 aromatic rings. The van der Waals surface area contributed by atoms with Crippen LogP contribution >= 0.6 is 22.9 Å². The van der Waals surface area contributed by atoms with Gasteiger partial charge in [0.05, 0.1) is 16.3 Å². The van der Waals surface area contributed by atoms with E-state index in [-0.39, 0.29) is 17.2 Å². The van der Waals surface area contributed by atoms with Gasteiger partial charge >= 0.3 is 0 Å². The van der Waals surface area contributed by atoms with E-state index in [1.807, 2.05) is 6.07 Å². The van der Waals surface area contributed by atoms with Gasteiger partial charge in [-0.15, -0.1) is 17.9 Å². The highest BCUT2D eigenvalue weighted by Gasteiger charge is 2.20. The fourth-order valence-corrected chi connectivity index (χ4v) is 3.53. The zero-order valence-electron chi connectivity index (χ0n) is 12.7. The van der Waals surface area contributed by atoms with Crippen molar-refractivity contribution in [1.29, 1.82) is 0 Å². The summed E-state index contributed by atoms with van der Waals surface area (Å²) in [7, 11) is 0. The maximum absolute atomic E-state index is 12.9. The Morgan fingerprint density at radius 2 is 2.04 bits per heavy atom. The number of carbonyl (C=O) groups excluding carboxylic acids is 1. The number of aromatic amines is 1. The van der Waals surface area contributed by atoms with Gasteiger partial charge in [-0.1, -0.05) is 35.9 Å². The van der Waals surface area contributed by atoms with Gasteiger partial charge < -0.3 is 4.90 Å². The summed E-state index contributed by atoms with van der Waals surface area (Å²) in [6.07, 6.45) is 1.65. The minimum Gasteiger partial charge on any atom is -0.328 e. The van der Waals surface area contributed by atoms with Crippen molar-refractivity contribution in [3.05, 3.63) is 74.3 Å². The molecule has 0 radical (unpaired) electrons. The molecule has 0 fully saturated rings. The lowest BCUT2D eigenvalue weighted by atomic mass is 10.1. The van der Waals surface area contributed by atoms with Gasteiger partial charge in [0.2, 0.25) is 0 Å². The standard InChI is InChI=1S/C17H14ClN3O2S/c1-2-9-21(10-11-7-8-14(18)24-11)17(23)15-12-5-3-4-6-13(12)16(22)20-19-15/h2-8H,1,9-10H2,(H,20,22). The number of benzene rings is 1. The monoisotopic (exact) mass is 359 g/mol. The molecule has 1 aromatic carbocycles. The minimum absolute atomic E-state index is 0.217. The summed E-state index contributed by atoms with van der Waals surface area (Å²) in [5, 5.41) is 7.33. The first-order chi connectivity index (χ1) is 11.6. The summed E-state index contributed by atoms with van der Waals surface area (Å²) in [5.41, 5.74) is -0.0998. The summed E-state index contributed by atoms with van der Waals surface area (Å²) in [6.45, 7) is 4.47. The third-order valence-electron chi connectivity index (χ3n) is 3.51. The quantitative estimate of drug-likeness (QED) is 0.709. The summed E-state index contributed by atoms with van der Waals surface area (Å²) in [4.78, 5) is 27.4. The predicted octanol–water partition coefficient (Wildman–Crippen LogP) is 3.47. The van der Waals surface area contributed by atoms with Crippen LogP contribution in [0.25, 0.3) is 10.8 Å². The summed E-state index contributed by atoms with van der Waals surface area (Å²) in [5.74, 6) is -0.271. The average molecular weight is 360 g/mol. The molecule has 3 rings (SSSR count). The first-order valence-corrected chi connectivity index (χ1v) is 8.41. The normalized spacial score (nSPS) is 10.7. The zero-order chi connectivity index (χ0) is 17.1. The van der Waals surface area contributed by atoms with E-state index in [9.17, 15) is 9.59 Å². The fourth-order valence-electron chi connectivity index (χ4n) is 2.43. The van der Waals surface area contributed by atoms with E-state index < -0.39 is 0 Å². The van der Waals surface area contributed by atoms with Crippen molar-refractivity contribution in [1.82, 2.24) is 15.1 Å².